The molecule has 7 nitrogen and oxygen atoms in total. The monoisotopic (exact) mass is 387 g/mol. The van der Waals surface area contributed by atoms with Gasteiger partial charge in [0.15, 0.2) is 9.84 Å². The standard InChI is InChI=1S/C14H17N3O4S3/c1-17(12-6-8-23(18,19)10-12)13-5-4-11(9-15-13)16-24(20,21)14-3-2-7-22-14/h2-5,7,9,12,16H,6,8,10H2,1H3. The first-order valence-corrected chi connectivity index (χ1v) is 11.4. The highest BCUT2D eigenvalue weighted by atomic mass is 32.2. The Morgan fingerprint density at radius 3 is 2.67 bits per heavy atom. The Hall–Kier alpha value is -1.65. The summed E-state index contributed by atoms with van der Waals surface area (Å²) in [5.41, 5.74) is 0.361. The second-order valence-corrected chi connectivity index (χ2v) is 10.7. The third-order valence-corrected chi connectivity index (χ3v) is 8.41. The van der Waals surface area contributed by atoms with Gasteiger partial charge in [0.2, 0.25) is 0 Å². The molecule has 10 heteroatoms. The van der Waals surface area contributed by atoms with E-state index in [0.717, 1.165) is 11.3 Å². The van der Waals surface area contributed by atoms with Crippen molar-refractivity contribution in [2.45, 2.75) is 16.7 Å². The van der Waals surface area contributed by atoms with Crippen molar-refractivity contribution < 1.29 is 16.8 Å². The van der Waals surface area contributed by atoms with Gasteiger partial charge < -0.3 is 4.90 Å². The highest BCUT2D eigenvalue weighted by molar-refractivity contribution is 7.94. The minimum absolute atomic E-state index is 0.101. The molecule has 0 amide bonds. The molecule has 3 heterocycles. The van der Waals surface area contributed by atoms with Crippen LogP contribution in [0.4, 0.5) is 11.5 Å². The van der Waals surface area contributed by atoms with E-state index in [4.69, 9.17) is 0 Å². The summed E-state index contributed by atoms with van der Waals surface area (Å²) < 4.78 is 50.2. The number of aromatic nitrogens is 1. The molecule has 1 atom stereocenters. The van der Waals surface area contributed by atoms with E-state index in [-0.39, 0.29) is 21.8 Å². The van der Waals surface area contributed by atoms with Crippen LogP contribution in [0.2, 0.25) is 0 Å². The summed E-state index contributed by atoms with van der Waals surface area (Å²) in [4.78, 5) is 6.07. The van der Waals surface area contributed by atoms with Crippen LogP contribution in [0, 0.1) is 0 Å². The summed E-state index contributed by atoms with van der Waals surface area (Å²) in [7, 11) is -4.77. The average Bonchev–Trinajstić information content (AvgIpc) is 3.17. The van der Waals surface area contributed by atoms with E-state index in [1.54, 1.807) is 30.6 Å². The molecule has 1 saturated heterocycles. The maximum atomic E-state index is 12.2. The second kappa shape index (κ2) is 6.34. The lowest BCUT2D eigenvalue weighted by molar-refractivity contribution is 0.599. The van der Waals surface area contributed by atoms with Crippen molar-refractivity contribution in [1.82, 2.24) is 4.98 Å². The summed E-state index contributed by atoms with van der Waals surface area (Å²) in [6.45, 7) is 0. The highest BCUT2D eigenvalue weighted by Crippen LogP contribution is 2.24. The van der Waals surface area contributed by atoms with Gasteiger partial charge in [0.1, 0.15) is 10.0 Å². The third-order valence-electron chi connectivity index (χ3n) is 3.88. The van der Waals surface area contributed by atoms with Crippen LogP contribution in [0.1, 0.15) is 6.42 Å². The molecule has 0 aromatic carbocycles. The number of sulfone groups is 1. The fourth-order valence-electron chi connectivity index (χ4n) is 2.54. The summed E-state index contributed by atoms with van der Waals surface area (Å²) >= 11 is 1.14. The maximum Gasteiger partial charge on any atom is 0.271 e. The van der Waals surface area contributed by atoms with Crippen LogP contribution in [0.15, 0.2) is 40.1 Å². The molecule has 0 saturated carbocycles. The minimum atomic E-state index is -3.60. The van der Waals surface area contributed by atoms with Gasteiger partial charge in [0, 0.05) is 13.1 Å². The molecular formula is C14H17N3O4S3. The van der Waals surface area contributed by atoms with Crippen LogP contribution in [0.5, 0.6) is 0 Å². The molecule has 24 heavy (non-hydrogen) atoms. The summed E-state index contributed by atoms with van der Waals surface area (Å²) in [6, 6.07) is 6.40. The van der Waals surface area contributed by atoms with Crippen molar-refractivity contribution in [2.24, 2.45) is 0 Å². The van der Waals surface area contributed by atoms with Gasteiger partial charge in [-0.2, -0.15) is 0 Å². The lowest BCUT2D eigenvalue weighted by Crippen LogP contribution is -2.33. The Balaban J connectivity index is 1.72. The molecule has 1 aliphatic rings. The maximum absolute atomic E-state index is 12.2. The molecule has 0 aliphatic carbocycles. The van der Waals surface area contributed by atoms with Crippen molar-refractivity contribution in [3.05, 3.63) is 35.8 Å². The van der Waals surface area contributed by atoms with Crippen molar-refractivity contribution in [2.75, 3.05) is 28.2 Å². The van der Waals surface area contributed by atoms with Crippen LogP contribution in [0.25, 0.3) is 0 Å². The lowest BCUT2D eigenvalue weighted by atomic mass is 10.2. The molecule has 3 rings (SSSR count). The molecule has 1 fully saturated rings. The number of rotatable bonds is 5. The van der Waals surface area contributed by atoms with Crippen LogP contribution in [-0.2, 0) is 19.9 Å². The zero-order chi connectivity index (χ0) is 17.4. The third kappa shape index (κ3) is 3.70. The van der Waals surface area contributed by atoms with Gasteiger partial charge in [0.05, 0.1) is 23.4 Å². The summed E-state index contributed by atoms with van der Waals surface area (Å²) in [5, 5.41) is 1.69. The number of sulfonamides is 1. The SMILES string of the molecule is CN(c1ccc(NS(=O)(=O)c2cccs2)cn1)C1CCS(=O)(=O)C1. The predicted molar refractivity (Wildman–Crippen MR) is 94.8 cm³/mol. The zero-order valence-electron chi connectivity index (χ0n) is 12.9. The Bertz CT molecular complexity index is 907. The number of anilines is 2. The fourth-order valence-corrected chi connectivity index (χ4v) is 6.36. The highest BCUT2D eigenvalue weighted by Gasteiger charge is 2.31. The van der Waals surface area contributed by atoms with E-state index < -0.39 is 19.9 Å². The number of thiophene rings is 1. The number of hydrogen-bond acceptors (Lipinski definition) is 7. The van der Waals surface area contributed by atoms with Gasteiger partial charge in [-0.3, -0.25) is 4.72 Å². The van der Waals surface area contributed by atoms with Gasteiger partial charge in [-0.15, -0.1) is 11.3 Å². The number of hydrogen-bond donors (Lipinski definition) is 1. The van der Waals surface area contributed by atoms with E-state index in [1.807, 2.05) is 4.90 Å². The Kier molecular flexibility index (Phi) is 4.54. The van der Waals surface area contributed by atoms with Gasteiger partial charge >= 0.3 is 0 Å². The molecule has 0 radical (unpaired) electrons. The largest absolute Gasteiger partial charge is 0.356 e. The first-order chi connectivity index (χ1) is 11.3. The molecule has 0 spiro atoms. The van der Waals surface area contributed by atoms with Gasteiger partial charge in [-0.05, 0) is 30.0 Å². The number of nitrogens with one attached hydrogen (secondary N) is 1. The average molecular weight is 388 g/mol. The fraction of sp³-hybridized carbons (Fsp3) is 0.357. The van der Waals surface area contributed by atoms with Crippen LogP contribution in [0.3, 0.4) is 0 Å². The number of nitrogens with zero attached hydrogens (tertiary/aromatic N) is 2. The minimum Gasteiger partial charge on any atom is -0.356 e. The van der Waals surface area contributed by atoms with Crippen molar-refractivity contribution in [3.63, 3.8) is 0 Å². The molecular weight excluding hydrogens is 370 g/mol. The Labute approximate surface area is 145 Å². The predicted octanol–water partition coefficient (Wildman–Crippen LogP) is 1.57. The molecule has 2 aromatic heterocycles. The van der Waals surface area contributed by atoms with Crippen LogP contribution >= 0.6 is 11.3 Å². The second-order valence-electron chi connectivity index (χ2n) is 5.61. The molecule has 0 bridgehead atoms. The van der Waals surface area contributed by atoms with E-state index in [1.165, 1.54) is 12.3 Å². The van der Waals surface area contributed by atoms with Gasteiger partial charge in [0.25, 0.3) is 10.0 Å². The van der Waals surface area contributed by atoms with Crippen LogP contribution in [-0.4, -0.2) is 46.4 Å². The topological polar surface area (TPSA) is 96.4 Å². The molecule has 1 N–H and O–H groups in total. The summed E-state index contributed by atoms with van der Waals surface area (Å²) in [6.07, 6.45) is 2.01. The van der Waals surface area contributed by atoms with Gasteiger partial charge in [-0.25, -0.2) is 21.8 Å². The van der Waals surface area contributed by atoms with Crippen molar-refractivity contribution >= 4 is 42.7 Å². The molecule has 130 valence electrons. The molecule has 1 aliphatic heterocycles. The van der Waals surface area contributed by atoms with E-state index in [0.29, 0.717) is 17.9 Å². The first-order valence-electron chi connectivity index (χ1n) is 7.22. The lowest BCUT2D eigenvalue weighted by Gasteiger charge is -2.24. The van der Waals surface area contributed by atoms with E-state index >= 15 is 0 Å². The Morgan fingerprint density at radius 1 is 1.33 bits per heavy atom. The smallest absolute Gasteiger partial charge is 0.271 e. The van der Waals surface area contributed by atoms with E-state index in [9.17, 15) is 16.8 Å². The molecule has 1 unspecified atom stereocenters. The Morgan fingerprint density at radius 2 is 2.12 bits per heavy atom. The zero-order valence-corrected chi connectivity index (χ0v) is 15.4. The van der Waals surface area contributed by atoms with Crippen molar-refractivity contribution in [1.29, 1.82) is 0 Å². The van der Waals surface area contributed by atoms with Crippen molar-refractivity contribution in [3.8, 4) is 0 Å². The normalized spacial score (nSPS) is 20.0. The van der Waals surface area contributed by atoms with Crippen LogP contribution < -0.4 is 9.62 Å². The molecule has 2 aromatic rings. The number of pyridine rings is 1. The quantitative estimate of drug-likeness (QED) is 0.836. The van der Waals surface area contributed by atoms with Gasteiger partial charge in [-0.1, -0.05) is 6.07 Å². The van der Waals surface area contributed by atoms with E-state index in [2.05, 4.69) is 9.71 Å². The first kappa shape index (κ1) is 17.2. The summed E-state index contributed by atoms with van der Waals surface area (Å²) in [5.74, 6) is 0.926.